The molecule has 0 saturated carbocycles. The van der Waals surface area contributed by atoms with Crippen molar-refractivity contribution in [2.45, 2.75) is 4.90 Å². The Bertz CT molecular complexity index is 1550. The number of thioether (sulfide) groups is 1. The van der Waals surface area contributed by atoms with Crippen molar-refractivity contribution in [3.05, 3.63) is 107 Å². The van der Waals surface area contributed by atoms with E-state index in [2.05, 4.69) is 10.3 Å². The molecule has 0 atom stereocenters. The summed E-state index contributed by atoms with van der Waals surface area (Å²) in [6, 6.07) is 24.1. The molecule has 35 heavy (non-hydrogen) atoms. The SMILES string of the molecule is CSc1ccc(C(=O)Nc2ccc(Cl)c(-c3cc4ccccc4[nH]3)c2)c(-c2ccc(F)c(F)c2)c1. The number of carbonyl (C=O) groups excluding carboxylic acids is 1. The number of H-pyrrole nitrogens is 1. The number of anilines is 1. The van der Waals surface area contributed by atoms with Gasteiger partial charge in [0, 0.05) is 38.3 Å². The second-order valence-electron chi connectivity index (χ2n) is 7.96. The van der Waals surface area contributed by atoms with Crippen LogP contribution in [0.3, 0.4) is 0 Å². The average molecular weight is 505 g/mol. The molecule has 0 bridgehead atoms. The minimum atomic E-state index is -0.968. The normalized spacial score (nSPS) is 11.1. The number of hydrogen-bond donors (Lipinski definition) is 2. The van der Waals surface area contributed by atoms with E-state index in [1.54, 1.807) is 30.3 Å². The van der Waals surface area contributed by atoms with Crippen molar-refractivity contribution in [1.29, 1.82) is 0 Å². The van der Waals surface area contributed by atoms with Crippen LogP contribution < -0.4 is 5.32 Å². The van der Waals surface area contributed by atoms with Gasteiger partial charge in [-0.25, -0.2) is 8.78 Å². The van der Waals surface area contributed by atoms with Crippen LogP contribution in [0.15, 0.2) is 89.8 Å². The zero-order valence-electron chi connectivity index (χ0n) is 18.5. The van der Waals surface area contributed by atoms with Crippen LogP contribution in [0.4, 0.5) is 14.5 Å². The molecule has 2 N–H and O–H groups in total. The highest BCUT2D eigenvalue weighted by molar-refractivity contribution is 7.98. The lowest BCUT2D eigenvalue weighted by atomic mass is 9.98. The molecule has 1 heterocycles. The predicted molar refractivity (Wildman–Crippen MR) is 140 cm³/mol. The molecule has 7 heteroatoms. The van der Waals surface area contributed by atoms with E-state index >= 15 is 0 Å². The Morgan fingerprint density at radius 1 is 0.886 bits per heavy atom. The smallest absolute Gasteiger partial charge is 0.256 e. The van der Waals surface area contributed by atoms with E-state index in [9.17, 15) is 13.6 Å². The lowest BCUT2D eigenvalue weighted by Gasteiger charge is -2.13. The van der Waals surface area contributed by atoms with Gasteiger partial charge in [0.25, 0.3) is 5.91 Å². The molecule has 0 fully saturated rings. The van der Waals surface area contributed by atoms with Crippen molar-refractivity contribution < 1.29 is 13.6 Å². The summed E-state index contributed by atoms with van der Waals surface area (Å²) in [6.45, 7) is 0. The summed E-state index contributed by atoms with van der Waals surface area (Å²) in [5.41, 5.74) is 4.39. The fourth-order valence-corrected chi connectivity index (χ4v) is 4.64. The number of amides is 1. The van der Waals surface area contributed by atoms with Crippen molar-refractivity contribution >= 4 is 45.9 Å². The minimum Gasteiger partial charge on any atom is -0.354 e. The van der Waals surface area contributed by atoms with E-state index in [0.29, 0.717) is 27.4 Å². The van der Waals surface area contributed by atoms with Gasteiger partial charge in [-0.15, -0.1) is 11.8 Å². The van der Waals surface area contributed by atoms with Crippen molar-refractivity contribution in [3.8, 4) is 22.4 Å². The summed E-state index contributed by atoms with van der Waals surface area (Å²) in [5, 5.41) is 4.51. The Kier molecular flexibility index (Phi) is 6.32. The Balaban J connectivity index is 1.50. The van der Waals surface area contributed by atoms with Crippen LogP contribution in [0.2, 0.25) is 5.02 Å². The first-order chi connectivity index (χ1) is 16.9. The van der Waals surface area contributed by atoms with Crippen LogP contribution in [-0.4, -0.2) is 17.1 Å². The molecule has 174 valence electrons. The van der Waals surface area contributed by atoms with Gasteiger partial charge in [-0.1, -0.05) is 35.9 Å². The Morgan fingerprint density at radius 3 is 2.49 bits per heavy atom. The monoisotopic (exact) mass is 504 g/mol. The van der Waals surface area contributed by atoms with Gasteiger partial charge in [0.05, 0.1) is 5.02 Å². The van der Waals surface area contributed by atoms with Crippen molar-refractivity contribution in [2.75, 3.05) is 11.6 Å². The maximum absolute atomic E-state index is 14.0. The van der Waals surface area contributed by atoms with E-state index < -0.39 is 11.6 Å². The fraction of sp³-hybridized carbons (Fsp3) is 0.0357. The number of carbonyl (C=O) groups is 1. The van der Waals surface area contributed by atoms with E-state index in [0.717, 1.165) is 39.2 Å². The first-order valence-corrected chi connectivity index (χ1v) is 12.4. The maximum Gasteiger partial charge on any atom is 0.256 e. The number of halogens is 3. The third-order valence-corrected chi connectivity index (χ3v) is 6.80. The summed E-state index contributed by atoms with van der Waals surface area (Å²) in [6.07, 6.45) is 1.91. The number of para-hydroxylation sites is 1. The van der Waals surface area contributed by atoms with E-state index in [4.69, 9.17) is 11.6 Å². The summed E-state index contributed by atoms with van der Waals surface area (Å²) < 4.78 is 27.5. The van der Waals surface area contributed by atoms with E-state index in [1.165, 1.54) is 17.8 Å². The van der Waals surface area contributed by atoms with E-state index in [-0.39, 0.29) is 5.91 Å². The molecule has 1 amide bonds. The predicted octanol–water partition coefficient (Wildman–Crippen LogP) is 8.41. The van der Waals surface area contributed by atoms with Crippen LogP contribution >= 0.6 is 23.4 Å². The highest BCUT2D eigenvalue weighted by Gasteiger charge is 2.17. The van der Waals surface area contributed by atoms with Crippen LogP contribution in [0.25, 0.3) is 33.3 Å². The van der Waals surface area contributed by atoms with Gasteiger partial charge in [-0.3, -0.25) is 4.79 Å². The molecule has 0 aliphatic heterocycles. The number of aromatic nitrogens is 1. The summed E-state index contributed by atoms with van der Waals surface area (Å²) in [7, 11) is 0. The van der Waals surface area contributed by atoms with Crippen molar-refractivity contribution in [1.82, 2.24) is 4.98 Å². The standard InChI is InChI=1S/C28H19ClF2N2OS/c1-35-19-8-9-20(21(15-19)16-6-11-24(30)25(31)12-16)28(34)32-18-7-10-23(29)22(14-18)27-13-17-4-2-3-5-26(17)33-27/h2-15,33H,1H3,(H,32,34). The van der Waals surface area contributed by atoms with E-state index in [1.807, 2.05) is 42.7 Å². The molecule has 3 nitrogen and oxygen atoms in total. The quantitative estimate of drug-likeness (QED) is 0.236. The number of benzene rings is 4. The number of hydrogen-bond acceptors (Lipinski definition) is 2. The summed E-state index contributed by atoms with van der Waals surface area (Å²) in [4.78, 5) is 17.6. The first-order valence-electron chi connectivity index (χ1n) is 10.8. The first kappa shape index (κ1) is 23.1. The van der Waals surface area contributed by atoms with Gasteiger partial charge >= 0.3 is 0 Å². The van der Waals surface area contributed by atoms with Crippen LogP contribution in [-0.2, 0) is 0 Å². The molecule has 1 aromatic heterocycles. The number of rotatable bonds is 5. The fourth-order valence-electron chi connectivity index (χ4n) is 3.98. The summed E-state index contributed by atoms with van der Waals surface area (Å²) in [5.74, 6) is -2.28. The average Bonchev–Trinajstić information content (AvgIpc) is 3.30. The zero-order valence-corrected chi connectivity index (χ0v) is 20.1. The molecule has 0 spiro atoms. The lowest BCUT2D eigenvalue weighted by molar-refractivity contribution is 0.102. The molecule has 0 aliphatic carbocycles. The zero-order chi connectivity index (χ0) is 24.5. The van der Waals surface area contributed by atoms with Gasteiger partial charge in [0.1, 0.15) is 0 Å². The molecule has 5 rings (SSSR count). The Morgan fingerprint density at radius 2 is 1.71 bits per heavy atom. The highest BCUT2D eigenvalue weighted by Crippen LogP contribution is 2.34. The van der Waals surface area contributed by atoms with Gasteiger partial charge in [0.15, 0.2) is 11.6 Å². The second-order valence-corrected chi connectivity index (χ2v) is 9.25. The largest absolute Gasteiger partial charge is 0.354 e. The number of fused-ring (bicyclic) bond motifs is 1. The molecule has 0 saturated heterocycles. The molecular weight excluding hydrogens is 486 g/mol. The Hall–Kier alpha value is -3.61. The molecular formula is C28H19ClF2N2OS. The third-order valence-electron chi connectivity index (χ3n) is 5.75. The van der Waals surface area contributed by atoms with Crippen molar-refractivity contribution in [2.24, 2.45) is 0 Å². The number of nitrogens with one attached hydrogen (secondary N) is 2. The molecule has 4 aromatic carbocycles. The molecule has 0 radical (unpaired) electrons. The molecule has 5 aromatic rings. The lowest BCUT2D eigenvalue weighted by Crippen LogP contribution is -2.13. The van der Waals surface area contributed by atoms with Crippen molar-refractivity contribution in [3.63, 3.8) is 0 Å². The van der Waals surface area contributed by atoms with Gasteiger partial charge < -0.3 is 10.3 Å². The van der Waals surface area contributed by atoms with Crippen LogP contribution in [0.5, 0.6) is 0 Å². The highest BCUT2D eigenvalue weighted by atomic mass is 35.5. The Labute approximate surface area is 210 Å². The third kappa shape index (κ3) is 4.67. The minimum absolute atomic E-state index is 0.343. The molecule has 0 aliphatic rings. The van der Waals surface area contributed by atoms with Gasteiger partial charge in [0.2, 0.25) is 0 Å². The van der Waals surface area contributed by atoms with Crippen LogP contribution in [0.1, 0.15) is 10.4 Å². The van der Waals surface area contributed by atoms with Gasteiger partial charge in [-0.05, 0) is 78.0 Å². The van der Waals surface area contributed by atoms with Gasteiger partial charge in [-0.2, -0.15) is 0 Å². The number of aromatic amines is 1. The summed E-state index contributed by atoms with van der Waals surface area (Å²) >= 11 is 7.97. The van der Waals surface area contributed by atoms with Crippen LogP contribution in [0, 0.1) is 11.6 Å². The topological polar surface area (TPSA) is 44.9 Å². The second kappa shape index (κ2) is 9.56. The maximum atomic E-state index is 14.0. The molecule has 0 unspecified atom stereocenters.